The van der Waals surface area contributed by atoms with E-state index in [1.165, 1.54) is 12.8 Å². The summed E-state index contributed by atoms with van der Waals surface area (Å²) in [5.74, 6) is -0.103. The molecular weight excluding hydrogens is 374 g/mol. The van der Waals surface area contributed by atoms with Gasteiger partial charge in [0.2, 0.25) is 10.0 Å². The van der Waals surface area contributed by atoms with Crippen LogP contribution in [-0.4, -0.2) is 39.7 Å². The molecule has 0 aliphatic carbocycles. The molecule has 1 saturated heterocycles. The van der Waals surface area contributed by atoms with Crippen LogP contribution in [0, 0.1) is 6.92 Å². The van der Waals surface area contributed by atoms with Gasteiger partial charge in [0.15, 0.2) is 0 Å². The van der Waals surface area contributed by atoms with E-state index >= 15 is 0 Å². The molecule has 6 nitrogen and oxygen atoms in total. The average Bonchev–Trinajstić information content (AvgIpc) is 2.67. The molecule has 2 aliphatic rings. The molecule has 4 rings (SSSR count). The van der Waals surface area contributed by atoms with Crippen LogP contribution in [0.1, 0.15) is 35.2 Å². The maximum absolute atomic E-state index is 13.4. The van der Waals surface area contributed by atoms with Crippen LogP contribution in [0.4, 0.5) is 17.1 Å². The number of piperidine rings is 1. The van der Waals surface area contributed by atoms with E-state index in [1.54, 1.807) is 18.2 Å². The Morgan fingerprint density at radius 3 is 2.61 bits per heavy atom. The zero-order chi connectivity index (χ0) is 19.9. The van der Waals surface area contributed by atoms with Gasteiger partial charge in [-0.15, -0.1) is 0 Å². The standard InChI is InChI=1S/C21H25N3O3S/c1-15-10-11-16(13-18(15)22-28(2,26)27)21(25)24-14-17-7-5-6-12-23(17)19-8-3-4-9-20(19)24/h3-4,8-11,13,17,22H,5-7,12,14H2,1-2H3. The number of para-hydroxylation sites is 2. The minimum Gasteiger partial charge on any atom is -0.365 e. The topological polar surface area (TPSA) is 69.7 Å². The summed E-state index contributed by atoms with van der Waals surface area (Å²) < 4.78 is 25.8. The van der Waals surface area contributed by atoms with Crippen molar-refractivity contribution in [3.8, 4) is 0 Å². The Kier molecular flexibility index (Phi) is 4.79. The number of benzene rings is 2. The van der Waals surface area contributed by atoms with Gasteiger partial charge < -0.3 is 9.80 Å². The molecule has 1 N–H and O–H groups in total. The maximum Gasteiger partial charge on any atom is 0.258 e. The number of amides is 1. The zero-order valence-corrected chi connectivity index (χ0v) is 17.0. The second-order valence-electron chi connectivity index (χ2n) is 7.65. The summed E-state index contributed by atoms with van der Waals surface area (Å²) in [5.41, 5.74) is 3.73. The fourth-order valence-corrected chi connectivity index (χ4v) is 4.78. The number of anilines is 3. The fraction of sp³-hybridized carbons (Fsp3) is 0.381. The number of hydrogen-bond acceptors (Lipinski definition) is 4. The molecular formula is C21H25N3O3S. The molecule has 0 saturated carbocycles. The van der Waals surface area contributed by atoms with Crippen molar-refractivity contribution in [2.24, 2.45) is 0 Å². The van der Waals surface area contributed by atoms with Crippen molar-refractivity contribution >= 4 is 33.0 Å². The van der Waals surface area contributed by atoms with Gasteiger partial charge in [-0.1, -0.05) is 18.2 Å². The molecule has 0 aromatic heterocycles. The van der Waals surface area contributed by atoms with Gasteiger partial charge in [0.05, 0.1) is 23.3 Å². The summed E-state index contributed by atoms with van der Waals surface area (Å²) >= 11 is 0. The Labute approximate surface area is 166 Å². The van der Waals surface area contributed by atoms with Crippen LogP contribution in [0.25, 0.3) is 0 Å². The lowest BCUT2D eigenvalue weighted by Crippen LogP contribution is -2.52. The third kappa shape index (κ3) is 3.58. The van der Waals surface area contributed by atoms with Crippen LogP contribution < -0.4 is 14.5 Å². The summed E-state index contributed by atoms with van der Waals surface area (Å²) in [7, 11) is -3.41. The monoisotopic (exact) mass is 399 g/mol. The molecule has 1 fully saturated rings. The molecule has 2 aromatic rings. The summed E-state index contributed by atoms with van der Waals surface area (Å²) in [6.07, 6.45) is 4.54. The van der Waals surface area contributed by atoms with Crippen LogP contribution in [0.5, 0.6) is 0 Å². The Morgan fingerprint density at radius 2 is 1.86 bits per heavy atom. The lowest BCUT2D eigenvalue weighted by Gasteiger charge is -2.46. The van der Waals surface area contributed by atoms with Crippen LogP contribution in [0.3, 0.4) is 0 Å². The Morgan fingerprint density at radius 1 is 1.11 bits per heavy atom. The van der Waals surface area contributed by atoms with E-state index in [0.29, 0.717) is 23.8 Å². The zero-order valence-electron chi connectivity index (χ0n) is 16.2. The van der Waals surface area contributed by atoms with Crippen molar-refractivity contribution in [1.82, 2.24) is 0 Å². The predicted octanol–water partition coefficient (Wildman–Crippen LogP) is 3.39. The van der Waals surface area contributed by atoms with Crippen molar-refractivity contribution in [2.75, 3.05) is 33.9 Å². The maximum atomic E-state index is 13.4. The third-order valence-electron chi connectivity index (χ3n) is 5.53. The van der Waals surface area contributed by atoms with Crippen LogP contribution in [0.15, 0.2) is 42.5 Å². The highest BCUT2D eigenvalue weighted by molar-refractivity contribution is 7.92. The number of fused-ring (bicyclic) bond motifs is 3. The molecule has 0 bridgehead atoms. The molecule has 28 heavy (non-hydrogen) atoms. The highest BCUT2D eigenvalue weighted by Gasteiger charge is 2.35. The van der Waals surface area contributed by atoms with Gasteiger partial charge in [-0.3, -0.25) is 9.52 Å². The molecule has 1 unspecified atom stereocenters. The van der Waals surface area contributed by atoms with Gasteiger partial charge in [0.25, 0.3) is 5.91 Å². The first kappa shape index (κ1) is 18.8. The quantitative estimate of drug-likeness (QED) is 0.859. The fourth-order valence-electron chi connectivity index (χ4n) is 4.16. The number of carbonyl (C=O) groups is 1. The Balaban J connectivity index is 1.71. The highest BCUT2D eigenvalue weighted by atomic mass is 32.2. The van der Waals surface area contributed by atoms with Gasteiger partial charge in [0.1, 0.15) is 0 Å². The molecule has 2 aromatic carbocycles. The molecule has 148 valence electrons. The van der Waals surface area contributed by atoms with Crippen molar-refractivity contribution in [1.29, 1.82) is 0 Å². The number of rotatable bonds is 3. The molecule has 2 heterocycles. The smallest absolute Gasteiger partial charge is 0.258 e. The number of aryl methyl sites for hydroxylation is 1. The van der Waals surface area contributed by atoms with Crippen molar-refractivity contribution < 1.29 is 13.2 Å². The normalized spacial score (nSPS) is 19.0. The number of nitrogens with one attached hydrogen (secondary N) is 1. The molecule has 1 atom stereocenters. The van der Waals surface area contributed by atoms with Gasteiger partial charge in [-0.05, 0) is 56.0 Å². The number of hydrogen-bond donors (Lipinski definition) is 1. The Hall–Kier alpha value is -2.54. The first-order valence-electron chi connectivity index (χ1n) is 9.59. The van der Waals surface area contributed by atoms with Crippen molar-refractivity contribution in [3.05, 3.63) is 53.6 Å². The Bertz CT molecular complexity index is 1020. The van der Waals surface area contributed by atoms with E-state index in [-0.39, 0.29) is 5.91 Å². The van der Waals surface area contributed by atoms with E-state index in [4.69, 9.17) is 0 Å². The van der Waals surface area contributed by atoms with Crippen molar-refractivity contribution in [2.45, 2.75) is 32.2 Å². The van der Waals surface area contributed by atoms with E-state index < -0.39 is 10.0 Å². The van der Waals surface area contributed by atoms with E-state index in [2.05, 4.69) is 15.7 Å². The second-order valence-corrected chi connectivity index (χ2v) is 9.40. The first-order valence-corrected chi connectivity index (χ1v) is 11.5. The molecule has 0 radical (unpaired) electrons. The lowest BCUT2D eigenvalue weighted by atomic mass is 9.96. The van der Waals surface area contributed by atoms with Gasteiger partial charge >= 0.3 is 0 Å². The van der Waals surface area contributed by atoms with E-state index in [9.17, 15) is 13.2 Å². The van der Waals surface area contributed by atoms with Gasteiger partial charge in [-0.2, -0.15) is 0 Å². The van der Waals surface area contributed by atoms with Crippen LogP contribution >= 0.6 is 0 Å². The number of sulfonamides is 1. The number of carbonyl (C=O) groups excluding carboxylic acids is 1. The predicted molar refractivity (Wildman–Crippen MR) is 113 cm³/mol. The van der Waals surface area contributed by atoms with Crippen LogP contribution in [-0.2, 0) is 10.0 Å². The lowest BCUT2D eigenvalue weighted by molar-refractivity contribution is 0.0982. The molecule has 2 aliphatic heterocycles. The molecule has 1 amide bonds. The summed E-state index contributed by atoms with van der Waals surface area (Å²) in [5, 5.41) is 0. The minimum absolute atomic E-state index is 0.103. The summed E-state index contributed by atoms with van der Waals surface area (Å²) in [4.78, 5) is 17.7. The average molecular weight is 400 g/mol. The van der Waals surface area contributed by atoms with Gasteiger partial charge in [-0.25, -0.2) is 8.42 Å². The van der Waals surface area contributed by atoms with Crippen LogP contribution in [0.2, 0.25) is 0 Å². The SMILES string of the molecule is Cc1ccc(C(=O)N2CC3CCCCN3c3ccccc32)cc1NS(C)(=O)=O. The van der Waals surface area contributed by atoms with Gasteiger partial charge in [0, 0.05) is 24.7 Å². The largest absolute Gasteiger partial charge is 0.365 e. The minimum atomic E-state index is -3.41. The van der Waals surface area contributed by atoms with E-state index in [0.717, 1.165) is 36.2 Å². The first-order chi connectivity index (χ1) is 13.3. The second kappa shape index (κ2) is 7.13. The summed E-state index contributed by atoms with van der Waals surface area (Å²) in [6.45, 7) is 3.49. The summed E-state index contributed by atoms with van der Waals surface area (Å²) in [6, 6.07) is 13.5. The number of nitrogens with zero attached hydrogens (tertiary/aromatic N) is 2. The molecule has 0 spiro atoms. The highest BCUT2D eigenvalue weighted by Crippen LogP contribution is 2.39. The third-order valence-corrected chi connectivity index (χ3v) is 6.12. The molecule has 7 heteroatoms. The van der Waals surface area contributed by atoms with E-state index in [1.807, 2.05) is 30.0 Å². The van der Waals surface area contributed by atoms with Crippen molar-refractivity contribution in [3.63, 3.8) is 0 Å².